The third-order valence-corrected chi connectivity index (χ3v) is 4.87. The van der Waals surface area contributed by atoms with Crippen molar-refractivity contribution in [2.75, 3.05) is 19.0 Å². The highest BCUT2D eigenvalue weighted by atomic mass is 16.5. The van der Waals surface area contributed by atoms with Gasteiger partial charge in [-0.15, -0.1) is 0 Å². The predicted octanol–water partition coefficient (Wildman–Crippen LogP) is 2.79. The fourth-order valence-electron chi connectivity index (χ4n) is 3.06. The summed E-state index contributed by atoms with van der Waals surface area (Å²) in [7, 11) is 1.47. The normalized spacial score (nSPS) is 10.5. The lowest BCUT2D eigenvalue weighted by Gasteiger charge is -2.13. The van der Waals surface area contributed by atoms with Crippen LogP contribution in [0, 0.1) is 6.92 Å². The number of carbonyl (C=O) groups is 3. The number of hydrazone groups is 1. The summed E-state index contributed by atoms with van der Waals surface area (Å²) in [5.41, 5.74) is 5.10. The van der Waals surface area contributed by atoms with Gasteiger partial charge in [-0.1, -0.05) is 54.6 Å². The minimum atomic E-state index is -0.917. The van der Waals surface area contributed by atoms with Gasteiger partial charge < -0.3 is 20.1 Å². The van der Waals surface area contributed by atoms with Crippen LogP contribution in [0.15, 0.2) is 77.9 Å². The third-order valence-electron chi connectivity index (χ3n) is 4.87. The molecule has 180 valence electrons. The number of benzene rings is 3. The second kappa shape index (κ2) is 12.5. The van der Waals surface area contributed by atoms with E-state index < -0.39 is 11.8 Å². The molecule has 3 aromatic carbocycles. The molecule has 0 heterocycles. The Hall–Kier alpha value is -4.66. The van der Waals surface area contributed by atoms with Crippen molar-refractivity contribution in [3.63, 3.8) is 0 Å². The highest BCUT2D eigenvalue weighted by Gasteiger charge is 2.14. The van der Waals surface area contributed by atoms with Crippen molar-refractivity contribution in [3.8, 4) is 11.5 Å². The third kappa shape index (κ3) is 7.43. The zero-order valence-electron chi connectivity index (χ0n) is 19.4. The smallest absolute Gasteiger partial charge is 0.329 e. The molecule has 0 aromatic heterocycles. The van der Waals surface area contributed by atoms with Gasteiger partial charge in [0.05, 0.1) is 13.3 Å². The second-order valence-electron chi connectivity index (χ2n) is 7.40. The number of aryl methyl sites for hydroxylation is 1. The van der Waals surface area contributed by atoms with Gasteiger partial charge in [-0.05, 0) is 36.2 Å². The Bertz CT molecular complexity index is 1210. The van der Waals surface area contributed by atoms with Gasteiger partial charge in [0.15, 0.2) is 18.1 Å². The standard InChI is InChI=1S/C26H26N4O5/c1-18-9-6-7-13-21(18)29-23(31)17-35-24-20(12-8-14-22(24)34-2)16-28-30-26(33)25(32)27-15-19-10-4-3-5-11-19/h3-14,16H,15,17H2,1-2H3,(H,27,32)(H,29,31)(H,30,33)/b28-16-. The zero-order chi connectivity index (χ0) is 25.0. The van der Waals surface area contributed by atoms with Crippen molar-refractivity contribution in [1.29, 1.82) is 0 Å². The van der Waals surface area contributed by atoms with Gasteiger partial charge in [0.1, 0.15) is 0 Å². The highest BCUT2D eigenvalue weighted by Crippen LogP contribution is 2.30. The van der Waals surface area contributed by atoms with Crippen molar-refractivity contribution >= 4 is 29.6 Å². The molecule has 0 saturated heterocycles. The summed E-state index contributed by atoms with van der Waals surface area (Å²) in [6, 6.07) is 21.6. The van der Waals surface area contributed by atoms with E-state index in [9.17, 15) is 14.4 Å². The van der Waals surface area contributed by atoms with Crippen molar-refractivity contribution < 1.29 is 23.9 Å². The molecule has 0 atom stereocenters. The first-order valence-electron chi connectivity index (χ1n) is 10.8. The molecular formula is C26H26N4O5. The van der Waals surface area contributed by atoms with Crippen molar-refractivity contribution in [2.45, 2.75) is 13.5 Å². The van der Waals surface area contributed by atoms with Gasteiger partial charge in [-0.2, -0.15) is 5.10 Å². The first-order valence-corrected chi connectivity index (χ1v) is 10.8. The molecule has 3 N–H and O–H groups in total. The monoisotopic (exact) mass is 474 g/mol. The van der Waals surface area contributed by atoms with Crippen LogP contribution in [-0.4, -0.2) is 37.7 Å². The van der Waals surface area contributed by atoms with Gasteiger partial charge >= 0.3 is 11.8 Å². The SMILES string of the molecule is COc1cccc(/C=N\NC(=O)C(=O)NCc2ccccc2)c1OCC(=O)Nc1ccccc1C. The first-order chi connectivity index (χ1) is 17.0. The number of hydrogen-bond acceptors (Lipinski definition) is 6. The summed E-state index contributed by atoms with van der Waals surface area (Å²) < 4.78 is 11.0. The molecule has 0 aliphatic carbocycles. The molecule has 0 unspecified atom stereocenters. The van der Waals surface area contributed by atoms with Crippen molar-refractivity contribution in [2.24, 2.45) is 5.10 Å². The Morgan fingerprint density at radius 1 is 0.914 bits per heavy atom. The molecule has 0 aliphatic rings. The molecule has 35 heavy (non-hydrogen) atoms. The van der Waals surface area contributed by atoms with Gasteiger partial charge in [0.25, 0.3) is 5.91 Å². The lowest BCUT2D eigenvalue weighted by molar-refractivity contribution is -0.139. The Labute approximate surface area is 203 Å². The molecule has 3 amide bonds. The summed E-state index contributed by atoms with van der Waals surface area (Å²) in [4.78, 5) is 36.4. The Kier molecular flexibility index (Phi) is 8.95. The molecule has 0 radical (unpaired) electrons. The average Bonchev–Trinajstić information content (AvgIpc) is 2.88. The van der Waals surface area contributed by atoms with Crippen LogP contribution in [0.4, 0.5) is 5.69 Å². The van der Waals surface area contributed by atoms with Gasteiger partial charge in [0.2, 0.25) is 0 Å². The number of amides is 3. The summed E-state index contributed by atoms with van der Waals surface area (Å²) >= 11 is 0. The molecule has 3 aromatic rings. The van der Waals surface area contributed by atoms with E-state index in [0.717, 1.165) is 11.1 Å². The number of ether oxygens (including phenoxy) is 2. The van der Waals surface area contributed by atoms with Gasteiger partial charge in [-0.3, -0.25) is 14.4 Å². The molecule has 3 rings (SSSR count). The topological polar surface area (TPSA) is 118 Å². The lowest BCUT2D eigenvalue weighted by atomic mass is 10.2. The van der Waals surface area contributed by atoms with Gasteiger partial charge in [-0.25, -0.2) is 5.43 Å². The Balaban J connectivity index is 1.59. The molecule has 9 nitrogen and oxygen atoms in total. The van der Waals surface area contributed by atoms with Crippen LogP contribution >= 0.6 is 0 Å². The van der Waals surface area contributed by atoms with E-state index in [1.165, 1.54) is 13.3 Å². The molecule has 0 fully saturated rings. The number of nitrogens with zero attached hydrogens (tertiary/aromatic N) is 1. The quantitative estimate of drug-likeness (QED) is 0.250. The number of nitrogens with one attached hydrogen (secondary N) is 3. The van der Waals surface area contributed by atoms with Gasteiger partial charge in [0, 0.05) is 17.8 Å². The van der Waals surface area contributed by atoms with E-state index in [4.69, 9.17) is 9.47 Å². The minimum Gasteiger partial charge on any atom is -0.493 e. The maximum atomic E-state index is 12.4. The number of anilines is 1. The molecule has 0 saturated carbocycles. The number of para-hydroxylation sites is 2. The minimum absolute atomic E-state index is 0.218. The van der Waals surface area contributed by atoms with E-state index in [0.29, 0.717) is 17.0 Å². The number of methoxy groups -OCH3 is 1. The largest absolute Gasteiger partial charge is 0.493 e. The van der Waals surface area contributed by atoms with Crippen LogP contribution in [0.25, 0.3) is 0 Å². The second-order valence-corrected chi connectivity index (χ2v) is 7.40. The summed E-state index contributed by atoms with van der Waals surface area (Å²) in [5.74, 6) is -1.44. The van der Waals surface area contributed by atoms with E-state index in [-0.39, 0.29) is 24.8 Å². The number of carbonyl (C=O) groups excluding carboxylic acids is 3. The van der Waals surface area contributed by atoms with Crippen molar-refractivity contribution in [1.82, 2.24) is 10.7 Å². The molecule has 9 heteroatoms. The Morgan fingerprint density at radius 3 is 2.40 bits per heavy atom. The fourth-order valence-corrected chi connectivity index (χ4v) is 3.06. The van der Waals surface area contributed by atoms with E-state index >= 15 is 0 Å². The summed E-state index contributed by atoms with van der Waals surface area (Å²) in [6.07, 6.45) is 1.31. The van der Waals surface area contributed by atoms with Crippen LogP contribution in [0.5, 0.6) is 11.5 Å². The Morgan fingerprint density at radius 2 is 1.66 bits per heavy atom. The maximum absolute atomic E-state index is 12.4. The van der Waals surface area contributed by atoms with Crippen LogP contribution in [0.3, 0.4) is 0 Å². The van der Waals surface area contributed by atoms with Crippen LogP contribution < -0.4 is 25.5 Å². The predicted molar refractivity (Wildman–Crippen MR) is 132 cm³/mol. The van der Waals surface area contributed by atoms with Crippen molar-refractivity contribution in [3.05, 3.63) is 89.5 Å². The highest BCUT2D eigenvalue weighted by molar-refractivity contribution is 6.35. The maximum Gasteiger partial charge on any atom is 0.329 e. The van der Waals surface area contributed by atoms with E-state index in [2.05, 4.69) is 21.2 Å². The number of hydrogen-bond donors (Lipinski definition) is 3. The average molecular weight is 475 g/mol. The molecule has 0 spiro atoms. The molecule has 0 bridgehead atoms. The first kappa shape index (κ1) is 25.0. The number of rotatable bonds is 9. The van der Waals surface area contributed by atoms with E-state index in [1.54, 1.807) is 24.3 Å². The summed E-state index contributed by atoms with van der Waals surface area (Å²) in [6.45, 7) is 1.83. The van der Waals surface area contributed by atoms with Crippen LogP contribution in [-0.2, 0) is 20.9 Å². The zero-order valence-corrected chi connectivity index (χ0v) is 19.4. The van der Waals surface area contributed by atoms with E-state index in [1.807, 2.05) is 55.5 Å². The van der Waals surface area contributed by atoms with Crippen LogP contribution in [0.1, 0.15) is 16.7 Å². The summed E-state index contributed by atoms with van der Waals surface area (Å²) in [5, 5.41) is 9.15. The lowest BCUT2D eigenvalue weighted by Crippen LogP contribution is -2.37. The molecule has 0 aliphatic heterocycles. The van der Waals surface area contributed by atoms with Crippen LogP contribution in [0.2, 0.25) is 0 Å². The fraction of sp³-hybridized carbons (Fsp3) is 0.154. The molecular weight excluding hydrogens is 448 g/mol.